The molecule has 9 heteroatoms. The van der Waals surface area contributed by atoms with Crippen LogP contribution in [0.15, 0.2) is 29.2 Å². The molecule has 0 saturated heterocycles. The molecule has 26 heavy (non-hydrogen) atoms. The van der Waals surface area contributed by atoms with Crippen molar-refractivity contribution in [1.29, 1.82) is 0 Å². The summed E-state index contributed by atoms with van der Waals surface area (Å²) in [6, 6.07) is 5.46. The third-order valence-corrected chi connectivity index (χ3v) is 4.61. The summed E-state index contributed by atoms with van der Waals surface area (Å²) < 4.78 is 6.77. The Hall–Kier alpha value is -1.93. The fourth-order valence-electron chi connectivity index (χ4n) is 2.62. The normalized spacial score (nSPS) is 11.3. The average Bonchev–Trinajstić information content (AvgIpc) is 3.03. The summed E-state index contributed by atoms with van der Waals surface area (Å²) in [4.78, 5) is 19.7. The summed E-state index contributed by atoms with van der Waals surface area (Å²) in [5.41, 5.74) is 1.73. The summed E-state index contributed by atoms with van der Waals surface area (Å²) in [6.45, 7) is 0.990. The molecule has 0 bridgehead atoms. The van der Waals surface area contributed by atoms with Crippen LogP contribution in [0, 0.1) is 0 Å². The van der Waals surface area contributed by atoms with Gasteiger partial charge in [-0.1, -0.05) is 29.3 Å². The standard InChI is InChI=1S/C17H18Cl2N4O3/c18-12-3-1-11(9-13(12)19)2-4-15-21-14-10-20-23(5-7-26-8-6-24)16(14)17(25)22-15/h1,3,9-10,24H,2,4-8H2,(H,21,22,25). The van der Waals surface area contributed by atoms with E-state index in [4.69, 9.17) is 33.0 Å². The first-order chi connectivity index (χ1) is 12.6. The lowest BCUT2D eigenvalue weighted by Crippen LogP contribution is -2.17. The van der Waals surface area contributed by atoms with Gasteiger partial charge in [0.1, 0.15) is 11.3 Å². The lowest BCUT2D eigenvalue weighted by atomic mass is 10.1. The molecule has 0 amide bonds. The number of aryl methyl sites for hydroxylation is 2. The van der Waals surface area contributed by atoms with Crippen molar-refractivity contribution in [2.24, 2.45) is 0 Å². The number of nitrogens with one attached hydrogen (secondary N) is 1. The number of aromatic nitrogens is 4. The maximum absolute atomic E-state index is 12.4. The van der Waals surface area contributed by atoms with E-state index in [2.05, 4.69) is 15.1 Å². The molecule has 0 unspecified atom stereocenters. The fraction of sp³-hybridized carbons (Fsp3) is 0.353. The van der Waals surface area contributed by atoms with Gasteiger partial charge >= 0.3 is 0 Å². The van der Waals surface area contributed by atoms with E-state index in [9.17, 15) is 4.79 Å². The Morgan fingerprint density at radius 2 is 2.04 bits per heavy atom. The third-order valence-electron chi connectivity index (χ3n) is 3.87. The monoisotopic (exact) mass is 396 g/mol. The highest BCUT2D eigenvalue weighted by Crippen LogP contribution is 2.23. The predicted molar refractivity (Wildman–Crippen MR) is 99.9 cm³/mol. The van der Waals surface area contributed by atoms with E-state index >= 15 is 0 Å². The van der Waals surface area contributed by atoms with Crippen molar-refractivity contribution in [3.63, 3.8) is 0 Å². The molecule has 0 radical (unpaired) electrons. The molecular formula is C17H18Cl2N4O3. The predicted octanol–water partition coefficient (Wildman–Crippen LogP) is 2.22. The summed E-state index contributed by atoms with van der Waals surface area (Å²) in [5.74, 6) is 0.588. The van der Waals surface area contributed by atoms with E-state index in [-0.39, 0.29) is 18.8 Å². The molecule has 2 heterocycles. The number of fused-ring (bicyclic) bond motifs is 1. The molecule has 0 fully saturated rings. The van der Waals surface area contributed by atoms with Gasteiger partial charge in [0.2, 0.25) is 0 Å². The highest BCUT2D eigenvalue weighted by molar-refractivity contribution is 6.42. The van der Waals surface area contributed by atoms with Gasteiger partial charge < -0.3 is 14.8 Å². The Morgan fingerprint density at radius 1 is 1.19 bits per heavy atom. The zero-order chi connectivity index (χ0) is 18.5. The molecule has 0 atom stereocenters. The van der Waals surface area contributed by atoms with Crippen molar-refractivity contribution in [2.45, 2.75) is 19.4 Å². The number of nitrogens with zero attached hydrogens (tertiary/aromatic N) is 3. The van der Waals surface area contributed by atoms with Gasteiger partial charge in [0.25, 0.3) is 5.56 Å². The SMILES string of the molecule is O=c1[nH]c(CCc2ccc(Cl)c(Cl)c2)nc2cnn(CCOCCO)c12. The topological polar surface area (TPSA) is 93.0 Å². The number of hydrogen-bond acceptors (Lipinski definition) is 5. The van der Waals surface area contributed by atoms with Crippen molar-refractivity contribution < 1.29 is 9.84 Å². The molecule has 2 aromatic heterocycles. The molecule has 3 rings (SSSR count). The first-order valence-electron chi connectivity index (χ1n) is 8.15. The van der Waals surface area contributed by atoms with Crippen molar-refractivity contribution in [3.8, 4) is 0 Å². The molecule has 3 aromatic rings. The summed E-state index contributed by atoms with van der Waals surface area (Å²) in [5, 5.41) is 13.9. The van der Waals surface area contributed by atoms with Crippen LogP contribution in [-0.4, -0.2) is 44.7 Å². The molecule has 0 aliphatic carbocycles. The Balaban J connectivity index is 1.72. The van der Waals surface area contributed by atoms with E-state index < -0.39 is 0 Å². The molecule has 2 N–H and O–H groups in total. The number of benzene rings is 1. The van der Waals surface area contributed by atoms with E-state index in [1.807, 2.05) is 12.1 Å². The number of aromatic amines is 1. The van der Waals surface area contributed by atoms with Crippen LogP contribution in [-0.2, 0) is 24.1 Å². The molecule has 0 spiro atoms. The zero-order valence-corrected chi connectivity index (χ0v) is 15.4. The van der Waals surface area contributed by atoms with Gasteiger partial charge in [-0.15, -0.1) is 0 Å². The molecule has 7 nitrogen and oxygen atoms in total. The van der Waals surface area contributed by atoms with E-state index in [0.717, 1.165) is 5.56 Å². The Labute approximate surface area is 159 Å². The second-order valence-corrected chi connectivity index (χ2v) is 6.51. The minimum absolute atomic E-state index is 0.0375. The number of rotatable bonds is 8. The van der Waals surface area contributed by atoms with Crippen LogP contribution < -0.4 is 5.56 Å². The van der Waals surface area contributed by atoms with Gasteiger partial charge in [0.05, 0.1) is 42.6 Å². The van der Waals surface area contributed by atoms with E-state index in [0.29, 0.717) is 52.9 Å². The fourth-order valence-corrected chi connectivity index (χ4v) is 2.94. The van der Waals surface area contributed by atoms with Crippen molar-refractivity contribution in [1.82, 2.24) is 19.7 Å². The minimum Gasteiger partial charge on any atom is -0.394 e. The van der Waals surface area contributed by atoms with Gasteiger partial charge in [-0.05, 0) is 24.1 Å². The summed E-state index contributed by atoms with van der Waals surface area (Å²) >= 11 is 11.9. The average molecular weight is 397 g/mol. The number of ether oxygens (including phenoxy) is 1. The van der Waals surface area contributed by atoms with Crippen molar-refractivity contribution in [2.75, 3.05) is 19.8 Å². The van der Waals surface area contributed by atoms with Gasteiger partial charge in [0.15, 0.2) is 5.52 Å². The Kier molecular flexibility index (Phi) is 6.26. The minimum atomic E-state index is -0.237. The van der Waals surface area contributed by atoms with E-state index in [1.165, 1.54) is 0 Å². The molecular weight excluding hydrogens is 379 g/mol. The number of H-pyrrole nitrogens is 1. The van der Waals surface area contributed by atoms with E-state index in [1.54, 1.807) is 16.9 Å². The summed E-state index contributed by atoms with van der Waals surface area (Å²) in [7, 11) is 0. The smallest absolute Gasteiger partial charge is 0.277 e. The van der Waals surface area contributed by atoms with Gasteiger partial charge in [-0.3, -0.25) is 9.48 Å². The van der Waals surface area contributed by atoms with Crippen LogP contribution in [0.4, 0.5) is 0 Å². The lowest BCUT2D eigenvalue weighted by molar-refractivity contribution is 0.0859. The number of aliphatic hydroxyl groups excluding tert-OH is 1. The van der Waals surface area contributed by atoms with Crippen LogP contribution >= 0.6 is 23.2 Å². The van der Waals surface area contributed by atoms with Crippen molar-refractivity contribution in [3.05, 3.63) is 56.2 Å². The maximum atomic E-state index is 12.4. The number of halogens is 2. The van der Waals surface area contributed by atoms with Crippen LogP contribution in [0.5, 0.6) is 0 Å². The first kappa shape index (κ1) is 18.8. The summed E-state index contributed by atoms with van der Waals surface area (Å²) in [6.07, 6.45) is 2.81. The second-order valence-electron chi connectivity index (χ2n) is 5.70. The second kappa shape index (κ2) is 8.64. The molecule has 138 valence electrons. The highest BCUT2D eigenvalue weighted by Gasteiger charge is 2.11. The van der Waals surface area contributed by atoms with Gasteiger partial charge in [-0.2, -0.15) is 5.10 Å². The number of aliphatic hydroxyl groups is 1. The Bertz CT molecular complexity index is 955. The van der Waals surface area contributed by atoms with Crippen LogP contribution in [0.3, 0.4) is 0 Å². The largest absolute Gasteiger partial charge is 0.394 e. The Morgan fingerprint density at radius 3 is 2.81 bits per heavy atom. The lowest BCUT2D eigenvalue weighted by Gasteiger charge is -2.05. The number of hydrogen-bond donors (Lipinski definition) is 2. The zero-order valence-electron chi connectivity index (χ0n) is 13.9. The highest BCUT2D eigenvalue weighted by atomic mass is 35.5. The molecule has 1 aromatic carbocycles. The van der Waals surface area contributed by atoms with Gasteiger partial charge in [0, 0.05) is 6.42 Å². The first-order valence-corrected chi connectivity index (χ1v) is 8.91. The maximum Gasteiger partial charge on any atom is 0.277 e. The van der Waals surface area contributed by atoms with Crippen LogP contribution in [0.25, 0.3) is 11.0 Å². The van der Waals surface area contributed by atoms with Crippen LogP contribution in [0.2, 0.25) is 10.0 Å². The van der Waals surface area contributed by atoms with Crippen LogP contribution in [0.1, 0.15) is 11.4 Å². The quantitative estimate of drug-likeness (QED) is 0.569. The van der Waals surface area contributed by atoms with Crippen molar-refractivity contribution >= 4 is 34.2 Å². The molecule has 0 aliphatic heterocycles. The molecule has 0 saturated carbocycles. The third kappa shape index (κ3) is 4.42. The molecule has 0 aliphatic rings. The van der Waals surface area contributed by atoms with Gasteiger partial charge in [-0.25, -0.2) is 4.98 Å².